The van der Waals surface area contributed by atoms with Crippen molar-refractivity contribution in [2.45, 2.75) is 49.9 Å². The third-order valence-electron chi connectivity index (χ3n) is 6.47. The summed E-state index contributed by atoms with van der Waals surface area (Å²) in [6, 6.07) is 11.4. The molecule has 3 atom stereocenters. The molecule has 0 saturated heterocycles. The minimum Gasteiger partial charge on any atom is -0.488 e. The Labute approximate surface area is 225 Å². The maximum atomic E-state index is 13.5. The van der Waals surface area contributed by atoms with Crippen molar-refractivity contribution in [3.63, 3.8) is 0 Å². The highest BCUT2D eigenvalue weighted by molar-refractivity contribution is 7.89. The van der Waals surface area contributed by atoms with Crippen molar-refractivity contribution in [2.24, 2.45) is 5.92 Å². The lowest BCUT2D eigenvalue weighted by atomic mass is 9.99. The highest BCUT2D eigenvalue weighted by atomic mass is 32.2. The second-order valence-corrected chi connectivity index (χ2v) is 11.6. The molecule has 0 fully saturated rings. The van der Waals surface area contributed by atoms with Gasteiger partial charge in [-0.05, 0) is 37.3 Å². The minimum absolute atomic E-state index is 0.0226. The number of nitrogens with zero attached hydrogens (tertiary/aromatic N) is 2. The van der Waals surface area contributed by atoms with Crippen LogP contribution in [0.3, 0.4) is 0 Å². The van der Waals surface area contributed by atoms with Gasteiger partial charge in [-0.15, -0.1) is 0 Å². The summed E-state index contributed by atoms with van der Waals surface area (Å²) in [6.45, 7) is 3.19. The zero-order valence-corrected chi connectivity index (χ0v) is 22.6. The number of fused-ring (bicyclic) bond motifs is 1. The lowest BCUT2D eigenvalue weighted by molar-refractivity contribution is -0.142. The molecule has 0 aliphatic carbocycles. The van der Waals surface area contributed by atoms with Crippen molar-refractivity contribution >= 4 is 27.5 Å². The number of rotatable bonds is 9. The maximum Gasteiger partial charge on any atom is 0.389 e. The van der Waals surface area contributed by atoms with E-state index in [-0.39, 0.29) is 47.5 Å². The fourth-order valence-corrected chi connectivity index (χ4v) is 5.33. The molecule has 0 spiro atoms. The first-order chi connectivity index (χ1) is 18.2. The number of halogens is 3. The molecule has 214 valence electrons. The standard InChI is InChI=1S/C26H32F3N3O6S/c1-17-14-32(18(2)16-33)25(35)21-13-19(30-24(34)11-12-26(27,28)29)9-10-22(21)38-23(17)15-31(3)39(36,37)20-7-5-4-6-8-20/h4-10,13,17-18,23,33H,11-12,14-16H2,1-3H3,(H,30,34)/t17-,18+,23-/m0/s1. The summed E-state index contributed by atoms with van der Waals surface area (Å²) in [5.74, 6) is -1.61. The summed E-state index contributed by atoms with van der Waals surface area (Å²) in [7, 11) is -2.41. The van der Waals surface area contributed by atoms with Gasteiger partial charge in [0.2, 0.25) is 15.9 Å². The fourth-order valence-electron chi connectivity index (χ4n) is 4.12. The molecule has 13 heteroatoms. The van der Waals surface area contributed by atoms with Crippen LogP contribution >= 0.6 is 0 Å². The van der Waals surface area contributed by atoms with Gasteiger partial charge in [0.25, 0.3) is 5.91 Å². The smallest absolute Gasteiger partial charge is 0.389 e. The van der Waals surface area contributed by atoms with E-state index < -0.39 is 53.0 Å². The number of benzene rings is 2. The van der Waals surface area contributed by atoms with Crippen molar-refractivity contribution in [2.75, 3.05) is 32.1 Å². The largest absolute Gasteiger partial charge is 0.488 e. The minimum atomic E-state index is -4.49. The molecule has 0 bridgehead atoms. The van der Waals surface area contributed by atoms with Gasteiger partial charge in [-0.25, -0.2) is 8.42 Å². The van der Waals surface area contributed by atoms with Crippen LogP contribution in [0.4, 0.5) is 18.9 Å². The molecule has 2 aromatic rings. The number of carbonyl (C=O) groups excluding carboxylic acids is 2. The van der Waals surface area contributed by atoms with E-state index in [0.717, 1.165) is 0 Å². The van der Waals surface area contributed by atoms with Crippen LogP contribution in [0.5, 0.6) is 5.75 Å². The fraction of sp³-hybridized carbons (Fsp3) is 0.462. The number of sulfonamides is 1. The number of hydrogen-bond acceptors (Lipinski definition) is 6. The van der Waals surface area contributed by atoms with Gasteiger partial charge in [-0.2, -0.15) is 17.5 Å². The quantitative estimate of drug-likeness (QED) is 0.476. The number of alkyl halides is 3. The van der Waals surface area contributed by atoms with E-state index in [1.807, 2.05) is 0 Å². The highest BCUT2D eigenvalue weighted by Crippen LogP contribution is 2.31. The van der Waals surface area contributed by atoms with Gasteiger partial charge in [0.1, 0.15) is 11.9 Å². The summed E-state index contributed by atoms with van der Waals surface area (Å²) >= 11 is 0. The van der Waals surface area contributed by atoms with Crippen molar-refractivity contribution < 1.29 is 41.0 Å². The topological polar surface area (TPSA) is 116 Å². The second-order valence-electron chi connectivity index (χ2n) is 9.60. The normalized spacial score (nSPS) is 19.1. The van der Waals surface area contributed by atoms with Gasteiger partial charge >= 0.3 is 6.18 Å². The van der Waals surface area contributed by atoms with Crippen LogP contribution in [0.25, 0.3) is 0 Å². The molecule has 0 saturated carbocycles. The Hall–Kier alpha value is -3.16. The number of ether oxygens (including phenoxy) is 1. The van der Waals surface area contributed by atoms with Gasteiger partial charge in [0.05, 0.1) is 36.1 Å². The number of aliphatic hydroxyl groups excluding tert-OH is 1. The monoisotopic (exact) mass is 571 g/mol. The maximum absolute atomic E-state index is 13.5. The van der Waals surface area contributed by atoms with Gasteiger partial charge in [-0.3, -0.25) is 9.59 Å². The van der Waals surface area contributed by atoms with E-state index in [1.54, 1.807) is 32.0 Å². The SMILES string of the molecule is C[C@H](CO)N1C[C@H](C)[C@H](CN(C)S(=O)(=O)c2ccccc2)Oc2ccc(NC(=O)CCC(F)(F)F)cc2C1=O. The van der Waals surface area contributed by atoms with Crippen LogP contribution in [-0.2, 0) is 14.8 Å². The van der Waals surface area contributed by atoms with Crippen molar-refractivity contribution in [3.8, 4) is 5.75 Å². The van der Waals surface area contributed by atoms with Gasteiger partial charge in [0.15, 0.2) is 0 Å². The molecule has 2 aromatic carbocycles. The van der Waals surface area contributed by atoms with E-state index in [0.29, 0.717) is 0 Å². The Morgan fingerprint density at radius 2 is 1.90 bits per heavy atom. The second kappa shape index (κ2) is 12.3. The lowest BCUT2D eigenvalue weighted by Crippen LogP contribution is -2.50. The number of likely N-dealkylation sites (N-methyl/N-ethyl adjacent to an activating group) is 1. The average Bonchev–Trinajstić information content (AvgIpc) is 2.89. The van der Waals surface area contributed by atoms with Crippen LogP contribution in [0.2, 0.25) is 0 Å². The lowest BCUT2D eigenvalue weighted by Gasteiger charge is -2.38. The molecule has 39 heavy (non-hydrogen) atoms. The highest BCUT2D eigenvalue weighted by Gasteiger charge is 2.35. The van der Waals surface area contributed by atoms with Crippen molar-refractivity contribution in [1.82, 2.24) is 9.21 Å². The van der Waals surface area contributed by atoms with E-state index >= 15 is 0 Å². The summed E-state index contributed by atoms with van der Waals surface area (Å²) in [5.41, 5.74) is 0.123. The summed E-state index contributed by atoms with van der Waals surface area (Å²) < 4.78 is 71.0. The number of nitrogens with one attached hydrogen (secondary N) is 1. The summed E-state index contributed by atoms with van der Waals surface area (Å²) in [5, 5.41) is 12.1. The molecule has 2 amide bonds. The average molecular weight is 572 g/mol. The molecule has 1 aliphatic heterocycles. The Kier molecular flexibility index (Phi) is 9.62. The summed E-state index contributed by atoms with van der Waals surface area (Å²) in [4.78, 5) is 27.1. The molecule has 1 heterocycles. The molecule has 0 radical (unpaired) electrons. The number of hydrogen-bond donors (Lipinski definition) is 2. The first kappa shape index (κ1) is 30.4. The third-order valence-corrected chi connectivity index (χ3v) is 8.31. The molecular formula is C26H32F3N3O6S. The molecule has 0 unspecified atom stereocenters. The molecule has 2 N–H and O–H groups in total. The number of carbonyl (C=O) groups is 2. The zero-order valence-electron chi connectivity index (χ0n) is 21.8. The number of anilines is 1. The number of amides is 2. The Bertz CT molecular complexity index is 1270. The van der Waals surface area contributed by atoms with Crippen LogP contribution < -0.4 is 10.1 Å². The van der Waals surface area contributed by atoms with Gasteiger partial charge in [-0.1, -0.05) is 25.1 Å². The predicted octanol–water partition coefficient (Wildman–Crippen LogP) is 3.51. The molecule has 0 aromatic heterocycles. The van der Waals surface area contributed by atoms with E-state index in [2.05, 4.69) is 5.32 Å². The predicted molar refractivity (Wildman–Crippen MR) is 138 cm³/mol. The first-order valence-electron chi connectivity index (χ1n) is 12.3. The van der Waals surface area contributed by atoms with Crippen molar-refractivity contribution in [1.29, 1.82) is 0 Å². The Morgan fingerprint density at radius 3 is 2.51 bits per heavy atom. The molecule has 9 nitrogen and oxygen atoms in total. The number of aliphatic hydroxyl groups is 1. The van der Waals surface area contributed by atoms with Crippen LogP contribution in [0, 0.1) is 5.92 Å². The van der Waals surface area contributed by atoms with E-state index in [9.17, 15) is 36.3 Å². The van der Waals surface area contributed by atoms with Gasteiger partial charge in [0, 0.05) is 31.6 Å². The first-order valence-corrected chi connectivity index (χ1v) is 13.8. The Balaban J connectivity index is 1.91. The third kappa shape index (κ3) is 7.70. The zero-order chi connectivity index (χ0) is 29.0. The van der Waals surface area contributed by atoms with Crippen LogP contribution in [0.15, 0.2) is 53.4 Å². The van der Waals surface area contributed by atoms with Gasteiger partial charge < -0.3 is 20.1 Å². The van der Waals surface area contributed by atoms with E-state index in [4.69, 9.17) is 4.74 Å². The summed E-state index contributed by atoms with van der Waals surface area (Å²) in [6.07, 6.45) is -7.26. The molecule has 3 rings (SSSR count). The van der Waals surface area contributed by atoms with Crippen LogP contribution in [-0.4, -0.2) is 79.6 Å². The van der Waals surface area contributed by atoms with Crippen LogP contribution in [0.1, 0.15) is 37.0 Å². The van der Waals surface area contributed by atoms with Crippen molar-refractivity contribution in [3.05, 3.63) is 54.1 Å². The Morgan fingerprint density at radius 1 is 1.23 bits per heavy atom. The molecular weight excluding hydrogens is 539 g/mol. The van der Waals surface area contributed by atoms with E-state index in [1.165, 1.54) is 46.6 Å². The molecule has 1 aliphatic rings.